The molecule has 1 rings (SSSR count). The Bertz CT molecular complexity index is 274. The van der Waals surface area contributed by atoms with Crippen LogP contribution in [0.15, 0.2) is 9.85 Å². The van der Waals surface area contributed by atoms with Gasteiger partial charge in [-0.25, -0.2) is 0 Å². The number of thiophene rings is 1. The second-order valence-corrected chi connectivity index (χ2v) is 4.50. The van der Waals surface area contributed by atoms with Gasteiger partial charge in [0.2, 0.25) is 0 Å². The van der Waals surface area contributed by atoms with Crippen LogP contribution in [0.5, 0.6) is 0 Å². The summed E-state index contributed by atoms with van der Waals surface area (Å²) in [5.41, 5.74) is -0.0430. The lowest BCUT2D eigenvalue weighted by Crippen LogP contribution is -1.83. The molecule has 3 nitrogen and oxygen atoms in total. The molecule has 0 aromatic carbocycles. The van der Waals surface area contributed by atoms with Gasteiger partial charge < -0.3 is 0 Å². The van der Waals surface area contributed by atoms with Crippen molar-refractivity contribution < 1.29 is 4.92 Å². The monoisotopic (exact) mass is 241 g/mol. The molecule has 10 heavy (non-hydrogen) atoms. The molecule has 0 aliphatic carbocycles. The van der Waals surface area contributed by atoms with Gasteiger partial charge in [-0.2, -0.15) is 0 Å². The molecule has 6 heteroatoms. The van der Waals surface area contributed by atoms with E-state index in [1.807, 2.05) is 0 Å². The molecule has 0 saturated heterocycles. The van der Waals surface area contributed by atoms with E-state index in [1.165, 1.54) is 6.07 Å². The maximum atomic E-state index is 10.1. The number of halogens is 2. The number of nitrogens with zero attached hydrogens (tertiary/aromatic N) is 1. The summed E-state index contributed by atoms with van der Waals surface area (Å²) in [7, 11) is 0. The van der Waals surface area contributed by atoms with Crippen LogP contribution in [0.4, 0.5) is 5.69 Å². The first-order valence-electron chi connectivity index (χ1n) is 2.20. The van der Waals surface area contributed by atoms with Crippen LogP contribution in [0.3, 0.4) is 0 Å². The highest BCUT2D eigenvalue weighted by molar-refractivity contribution is 9.11. The lowest BCUT2D eigenvalue weighted by Gasteiger charge is -1.81. The molecule has 0 aliphatic rings. The third-order valence-electron chi connectivity index (χ3n) is 0.835. The fraction of sp³-hybridized carbons (Fsp3) is 0. The van der Waals surface area contributed by atoms with Crippen LogP contribution < -0.4 is 0 Å². The first kappa shape index (κ1) is 7.97. The maximum absolute atomic E-state index is 10.1. The zero-order valence-electron chi connectivity index (χ0n) is 4.51. The van der Waals surface area contributed by atoms with Gasteiger partial charge in [0.15, 0.2) is 4.34 Å². The smallest absolute Gasteiger partial charge is 0.258 e. The Morgan fingerprint density at radius 3 is 2.60 bits per heavy atom. The van der Waals surface area contributed by atoms with Gasteiger partial charge in [0, 0.05) is 6.07 Å². The van der Waals surface area contributed by atoms with E-state index >= 15 is 0 Å². The average molecular weight is 242 g/mol. The maximum Gasteiger partial charge on any atom is 0.299 e. The molecule has 0 atom stereocenters. The number of hydrogen-bond acceptors (Lipinski definition) is 3. The van der Waals surface area contributed by atoms with Crippen molar-refractivity contribution in [1.82, 2.24) is 0 Å². The van der Waals surface area contributed by atoms with Crippen molar-refractivity contribution in [2.75, 3.05) is 0 Å². The summed E-state index contributed by atoms with van der Waals surface area (Å²) in [5.74, 6) is 0. The second kappa shape index (κ2) is 2.86. The second-order valence-electron chi connectivity index (χ2n) is 1.47. The number of hydrogen-bond donors (Lipinski definition) is 0. The minimum Gasteiger partial charge on any atom is -0.258 e. The minimum atomic E-state index is -0.510. The van der Waals surface area contributed by atoms with Crippen LogP contribution in [0.25, 0.3) is 0 Å². The quantitative estimate of drug-likeness (QED) is 0.561. The summed E-state index contributed by atoms with van der Waals surface area (Å²) in [6, 6.07) is 1.38. The zero-order chi connectivity index (χ0) is 7.72. The van der Waals surface area contributed by atoms with Crippen LogP contribution in [0.1, 0.15) is 0 Å². The van der Waals surface area contributed by atoms with E-state index in [4.69, 9.17) is 11.6 Å². The van der Waals surface area contributed by atoms with E-state index < -0.39 is 4.92 Å². The topological polar surface area (TPSA) is 43.1 Å². The highest BCUT2D eigenvalue weighted by Crippen LogP contribution is 2.36. The van der Waals surface area contributed by atoms with Crippen molar-refractivity contribution in [2.45, 2.75) is 0 Å². The van der Waals surface area contributed by atoms with Gasteiger partial charge in [-0.05, 0) is 15.9 Å². The lowest BCUT2D eigenvalue weighted by atomic mass is 10.6. The Morgan fingerprint density at radius 1 is 1.80 bits per heavy atom. The summed E-state index contributed by atoms with van der Waals surface area (Å²) >= 11 is 9.71. The Kier molecular flexibility index (Phi) is 2.28. The van der Waals surface area contributed by atoms with Crippen molar-refractivity contribution in [1.29, 1.82) is 0 Å². The Labute approximate surface area is 73.9 Å². The largest absolute Gasteiger partial charge is 0.299 e. The third kappa shape index (κ3) is 1.47. The Balaban J connectivity index is 3.15. The summed E-state index contributed by atoms with van der Waals surface area (Å²) in [5, 5.41) is 10.1. The highest BCUT2D eigenvalue weighted by Gasteiger charge is 2.15. The predicted molar refractivity (Wildman–Crippen MR) is 43.7 cm³/mol. The fourth-order valence-electron chi connectivity index (χ4n) is 0.456. The van der Waals surface area contributed by atoms with Gasteiger partial charge in [0.25, 0.3) is 5.69 Å². The van der Waals surface area contributed by atoms with Crippen LogP contribution in [0.2, 0.25) is 4.34 Å². The first-order chi connectivity index (χ1) is 4.61. The molecule has 0 saturated carbocycles. The van der Waals surface area contributed by atoms with Gasteiger partial charge >= 0.3 is 0 Å². The molecule has 0 spiro atoms. The molecular formula is C4HBrClNO2S. The molecule has 0 fully saturated rings. The normalized spacial score (nSPS) is 9.80. The van der Waals surface area contributed by atoms with Gasteiger partial charge in [-0.1, -0.05) is 11.6 Å². The van der Waals surface area contributed by atoms with Gasteiger partial charge in [-0.15, -0.1) is 11.3 Å². The van der Waals surface area contributed by atoms with Crippen LogP contribution >= 0.6 is 38.9 Å². The van der Waals surface area contributed by atoms with Gasteiger partial charge in [-0.3, -0.25) is 10.1 Å². The lowest BCUT2D eigenvalue weighted by molar-refractivity contribution is -0.384. The van der Waals surface area contributed by atoms with Crippen LogP contribution in [0, 0.1) is 10.1 Å². The van der Waals surface area contributed by atoms with Crippen molar-refractivity contribution in [3.8, 4) is 0 Å². The first-order valence-corrected chi connectivity index (χ1v) is 4.19. The van der Waals surface area contributed by atoms with E-state index in [-0.39, 0.29) is 10.0 Å². The highest BCUT2D eigenvalue weighted by atomic mass is 79.9. The predicted octanol–water partition coefficient (Wildman–Crippen LogP) is 3.07. The Morgan fingerprint density at radius 2 is 2.40 bits per heavy atom. The van der Waals surface area contributed by atoms with E-state index in [0.717, 1.165) is 11.3 Å². The number of nitro groups is 1. The third-order valence-corrected chi connectivity index (χ3v) is 2.68. The fourth-order valence-corrected chi connectivity index (χ4v) is 2.39. The van der Waals surface area contributed by atoms with Crippen molar-refractivity contribution in [3.05, 3.63) is 24.3 Å². The molecule has 0 bridgehead atoms. The summed E-state index contributed by atoms with van der Waals surface area (Å²) in [6.07, 6.45) is 0. The molecule has 1 aromatic heterocycles. The molecular weight excluding hydrogens is 241 g/mol. The molecule has 54 valence electrons. The van der Waals surface area contributed by atoms with Crippen molar-refractivity contribution in [2.24, 2.45) is 0 Å². The molecule has 0 N–H and O–H groups in total. The standard InChI is InChI=1S/C4HBrClNO2S/c5-3-1-2(7(8)9)4(6)10-3/h1H. The van der Waals surface area contributed by atoms with E-state index in [2.05, 4.69) is 15.9 Å². The zero-order valence-corrected chi connectivity index (χ0v) is 7.66. The van der Waals surface area contributed by atoms with Gasteiger partial charge in [0.05, 0.1) is 8.71 Å². The molecule has 0 unspecified atom stereocenters. The van der Waals surface area contributed by atoms with Crippen LogP contribution in [-0.4, -0.2) is 4.92 Å². The summed E-state index contributed by atoms with van der Waals surface area (Å²) in [4.78, 5) is 9.63. The summed E-state index contributed by atoms with van der Waals surface area (Å²) in [6.45, 7) is 0. The van der Waals surface area contributed by atoms with Crippen molar-refractivity contribution in [3.63, 3.8) is 0 Å². The van der Waals surface area contributed by atoms with Crippen LogP contribution in [-0.2, 0) is 0 Å². The van der Waals surface area contributed by atoms with E-state index in [9.17, 15) is 10.1 Å². The molecule has 1 heterocycles. The minimum absolute atomic E-state index is 0.0430. The van der Waals surface area contributed by atoms with E-state index in [0.29, 0.717) is 3.79 Å². The SMILES string of the molecule is O=[N+]([O-])c1cc(Br)sc1Cl. The number of rotatable bonds is 1. The average Bonchev–Trinajstić information content (AvgIpc) is 2.10. The summed E-state index contributed by atoms with van der Waals surface area (Å²) < 4.78 is 0.876. The molecule has 0 amide bonds. The van der Waals surface area contributed by atoms with Crippen molar-refractivity contribution >= 4 is 44.6 Å². The molecule has 0 radical (unpaired) electrons. The molecule has 1 aromatic rings. The van der Waals surface area contributed by atoms with E-state index in [1.54, 1.807) is 0 Å². The Hall–Kier alpha value is -0.130. The van der Waals surface area contributed by atoms with Gasteiger partial charge in [0.1, 0.15) is 0 Å². The molecule has 0 aliphatic heterocycles.